The van der Waals surface area contributed by atoms with Gasteiger partial charge in [-0.2, -0.15) is 0 Å². The molecule has 1 fully saturated rings. The summed E-state index contributed by atoms with van der Waals surface area (Å²) in [6, 6.07) is 6.01. The van der Waals surface area contributed by atoms with E-state index in [4.69, 9.17) is 4.74 Å². The second kappa shape index (κ2) is 10.1. The Kier molecular flexibility index (Phi) is 7.59. The van der Waals surface area contributed by atoms with Crippen LogP contribution < -0.4 is 4.74 Å². The second-order valence-corrected chi connectivity index (χ2v) is 8.95. The molecule has 1 N–H and O–H groups in total. The molecule has 0 aliphatic heterocycles. The number of rotatable bonds is 7. The number of H-pyrrole nitrogens is 1. The molecule has 29 heavy (non-hydrogen) atoms. The van der Waals surface area contributed by atoms with Gasteiger partial charge < -0.3 is 19.5 Å². The van der Waals surface area contributed by atoms with Crippen LogP contribution in [0.1, 0.15) is 64.4 Å². The van der Waals surface area contributed by atoms with Crippen molar-refractivity contribution in [2.75, 3.05) is 20.6 Å². The number of nitrogens with zero attached hydrogens (tertiary/aromatic N) is 2. The van der Waals surface area contributed by atoms with Crippen molar-refractivity contribution in [3.05, 3.63) is 30.0 Å². The van der Waals surface area contributed by atoms with E-state index in [1.54, 1.807) is 11.9 Å². The lowest BCUT2D eigenvalue weighted by Crippen LogP contribution is -2.35. The van der Waals surface area contributed by atoms with Gasteiger partial charge in [-0.25, -0.2) is 4.79 Å². The lowest BCUT2D eigenvalue weighted by molar-refractivity contribution is 0.152. The third kappa shape index (κ3) is 5.75. The van der Waals surface area contributed by atoms with Crippen LogP contribution in [0.25, 0.3) is 10.9 Å². The van der Waals surface area contributed by atoms with Crippen LogP contribution in [-0.2, 0) is 6.54 Å². The molecule has 0 bridgehead atoms. The molecule has 5 heteroatoms. The van der Waals surface area contributed by atoms with Crippen molar-refractivity contribution in [3.63, 3.8) is 0 Å². The van der Waals surface area contributed by atoms with Crippen molar-refractivity contribution in [1.82, 2.24) is 14.8 Å². The third-order valence-corrected chi connectivity index (χ3v) is 6.36. The van der Waals surface area contributed by atoms with Crippen LogP contribution in [0.4, 0.5) is 4.79 Å². The van der Waals surface area contributed by atoms with Crippen LogP contribution in [-0.4, -0.2) is 47.6 Å². The fourth-order valence-corrected chi connectivity index (χ4v) is 4.20. The summed E-state index contributed by atoms with van der Waals surface area (Å²) in [4.78, 5) is 19.7. The molecule has 1 aliphatic carbocycles. The van der Waals surface area contributed by atoms with E-state index in [1.807, 2.05) is 26.0 Å². The summed E-state index contributed by atoms with van der Waals surface area (Å²) < 4.78 is 5.65. The van der Waals surface area contributed by atoms with Gasteiger partial charge in [0.15, 0.2) is 5.75 Å². The summed E-state index contributed by atoms with van der Waals surface area (Å²) in [6.07, 6.45) is 11.5. The Labute approximate surface area is 175 Å². The average Bonchev–Trinajstić information content (AvgIpc) is 2.93. The van der Waals surface area contributed by atoms with E-state index in [0.29, 0.717) is 5.75 Å². The summed E-state index contributed by atoms with van der Waals surface area (Å²) in [7, 11) is 3.97. The summed E-state index contributed by atoms with van der Waals surface area (Å²) in [6.45, 7) is 5.97. The zero-order chi connectivity index (χ0) is 20.8. The number of carbonyl (C=O) groups is 1. The van der Waals surface area contributed by atoms with Gasteiger partial charge in [0.25, 0.3) is 0 Å². The van der Waals surface area contributed by atoms with E-state index in [2.05, 4.69) is 29.2 Å². The minimum absolute atomic E-state index is 0.100. The van der Waals surface area contributed by atoms with Gasteiger partial charge in [-0.3, -0.25) is 0 Å². The predicted molar refractivity (Wildman–Crippen MR) is 119 cm³/mol. The number of carbonyl (C=O) groups excluding carboxylic acids is 1. The number of benzene rings is 1. The van der Waals surface area contributed by atoms with Gasteiger partial charge in [-0.1, -0.05) is 50.7 Å². The van der Waals surface area contributed by atoms with Crippen molar-refractivity contribution in [2.45, 2.75) is 71.4 Å². The molecule has 1 aliphatic rings. The number of aromatic nitrogens is 1. The van der Waals surface area contributed by atoms with Crippen LogP contribution in [0.15, 0.2) is 24.4 Å². The fraction of sp³-hybridized carbons (Fsp3) is 0.625. The number of hydrogen-bond donors (Lipinski definition) is 1. The van der Waals surface area contributed by atoms with Crippen molar-refractivity contribution < 1.29 is 9.53 Å². The Hall–Kier alpha value is -2.01. The molecule has 0 unspecified atom stereocenters. The molecular formula is C24H37N3O2. The second-order valence-electron chi connectivity index (χ2n) is 8.95. The van der Waals surface area contributed by atoms with Crippen LogP contribution >= 0.6 is 0 Å². The van der Waals surface area contributed by atoms with Crippen LogP contribution in [0.3, 0.4) is 0 Å². The lowest BCUT2D eigenvalue weighted by atomic mass is 9.96. The van der Waals surface area contributed by atoms with Gasteiger partial charge in [-0.05, 0) is 51.4 Å². The third-order valence-electron chi connectivity index (χ3n) is 6.36. The van der Waals surface area contributed by atoms with E-state index < -0.39 is 0 Å². The Morgan fingerprint density at radius 3 is 2.59 bits per heavy atom. The highest BCUT2D eigenvalue weighted by molar-refractivity contribution is 5.90. The van der Waals surface area contributed by atoms with Crippen LogP contribution in [0, 0.1) is 5.92 Å². The molecule has 1 heterocycles. The number of para-hydroxylation sites is 1. The minimum Gasteiger partial charge on any atom is -0.408 e. The van der Waals surface area contributed by atoms with Gasteiger partial charge in [0.05, 0.1) is 5.52 Å². The van der Waals surface area contributed by atoms with E-state index in [-0.39, 0.29) is 12.1 Å². The quantitative estimate of drug-likeness (QED) is 0.599. The number of amides is 1. The Bertz CT molecular complexity index is 791. The number of hydrogen-bond acceptors (Lipinski definition) is 3. The first-order valence-corrected chi connectivity index (χ1v) is 11.2. The summed E-state index contributed by atoms with van der Waals surface area (Å²) in [5.74, 6) is 1.49. The molecule has 1 aromatic carbocycles. The molecule has 0 radical (unpaired) electrons. The number of aromatic amines is 1. The monoisotopic (exact) mass is 399 g/mol. The SMILES string of the molecule is CC(C)N(C)C(=O)Oc1cccc2c(CN(C)CCC3CCCCCC3)c[nH]c12. The molecule has 2 aromatic rings. The lowest BCUT2D eigenvalue weighted by Gasteiger charge is -2.21. The molecule has 0 spiro atoms. The normalized spacial score (nSPS) is 15.8. The molecule has 0 atom stereocenters. The van der Waals surface area contributed by atoms with E-state index >= 15 is 0 Å². The Balaban J connectivity index is 1.62. The van der Waals surface area contributed by atoms with Crippen molar-refractivity contribution in [1.29, 1.82) is 0 Å². The minimum atomic E-state index is -0.329. The van der Waals surface area contributed by atoms with Gasteiger partial charge >= 0.3 is 6.09 Å². The standard InChI is InChI=1S/C24H37N3O2/c1-18(2)27(4)24(28)29-22-13-9-12-21-20(16-25-23(21)22)17-26(3)15-14-19-10-7-5-6-8-11-19/h9,12-13,16,18-19,25H,5-8,10-11,14-15,17H2,1-4H3. The zero-order valence-electron chi connectivity index (χ0n) is 18.5. The maximum atomic E-state index is 12.3. The van der Waals surface area contributed by atoms with Crippen molar-refractivity contribution >= 4 is 17.0 Å². The van der Waals surface area contributed by atoms with E-state index in [1.165, 1.54) is 50.5 Å². The molecule has 160 valence electrons. The Morgan fingerprint density at radius 1 is 1.17 bits per heavy atom. The average molecular weight is 400 g/mol. The predicted octanol–water partition coefficient (Wildman–Crippen LogP) is 5.80. The van der Waals surface area contributed by atoms with E-state index in [0.717, 1.165) is 29.9 Å². The molecular weight excluding hydrogens is 362 g/mol. The highest BCUT2D eigenvalue weighted by Crippen LogP contribution is 2.29. The highest BCUT2D eigenvalue weighted by atomic mass is 16.6. The Morgan fingerprint density at radius 2 is 1.90 bits per heavy atom. The maximum absolute atomic E-state index is 12.3. The van der Waals surface area contributed by atoms with Gasteiger partial charge in [-0.15, -0.1) is 0 Å². The van der Waals surface area contributed by atoms with Crippen LogP contribution in [0.2, 0.25) is 0 Å². The summed E-state index contributed by atoms with van der Waals surface area (Å²) in [5, 5.41) is 1.13. The van der Waals surface area contributed by atoms with Crippen LogP contribution in [0.5, 0.6) is 5.75 Å². The molecule has 1 amide bonds. The molecule has 0 saturated heterocycles. The molecule has 5 nitrogen and oxygen atoms in total. The highest BCUT2D eigenvalue weighted by Gasteiger charge is 2.18. The van der Waals surface area contributed by atoms with Crippen molar-refractivity contribution in [3.8, 4) is 5.75 Å². The van der Waals surface area contributed by atoms with Gasteiger partial charge in [0.2, 0.25) is 0 Å². The first-order valence-electron chi connectivity index (χ1n) is 11.2. The van der Waals surface area contributed by atoms with E-state index in [9.17, 15) is 4.79 Å². The molecule has 3 rings (SSSR count). The largest absolute Gasteiger partial charge is 0.415 e. The zero-order valence-corrected chi connectivity index (χ0v) is 18.5. The first kappa shape index (κ1) is 21.7. The fourth-order valence-electron chi connectivity index (χ4n) is 4.20. The first-order chi connectivity index (χ1) is 14.0. The van der Waals surface area contributed by atoms with Gasteiger partial charge in [0, 0.05) is 31.2 Å². The summed E-state index contributed by atoms with van der Waals surface area (Å²) in [5.41, 5.74) is 2.14. The molecule has 1 saturated carbocycles. The topological polar surface area (TPSA) is 48.6 Å². The van der Waals surface area contributed by atoms with Crippen molar-refractivity contribution in [2.24, 2.45) is 5.92 Å². The van der Waals surface area contributed by atoms with Gasteiger partial charge in [0.1, 0.15) is 0 Å². The summed E-state index contributed by atoms with van der Waals surface area (Å²) >= 11 is 0. The molecule has 1 aromatic heterocycles. The number of nitrogens with one attached hydrogen (secondary N) is 1. The smallest absolute Gasteiger partial charge is 0.408 e. The number of fused-ring (bicyclic) bond motifs is 1. The maximum Gasteiger partial charge on any atom is 0.415 e. The number of ether oxygens (including phenoxy) is 1.